The van der Waals surface area contributed by atoms with Gasteiger partial charge in [0.1, 0.15) is 0 Å². The zero-order valence-electron chi connectivity index (χ0n) is 13.8. The van der Waals surface area contributed by atoms with Crippen molar-refractivity contribution in [2.24, 2.45) is 5.92 Å². The first-order valence-corrected chi connectivity index (χ1v) is 8.68. The first-order valence-electron chi connectivity index (χ1n) is 8.68. The molecule has 1 nitrogen and oxygen atoms in total. The molecule has 1 aromatic heterocycles. The predicted molar refractivity (Wildman–Crippen MR) is 95.8 cm³/mol. The van der Waals surface area contributed by atoms with Crippen LogP contribution in [0.1, 0.15) is 41.0 Å². The van der Waals surface area contributed by atoms with Gasteiger partial charge in [-0.2, -0.15) is 0 Å². The van der Waals surface area contributed by atoms with Gasteiger partial charge in [-0.1, -0.05) is 29.3 Å². The second-order valence-corrected chi connectivity index (χ2v) is 7.51. The fourth-order valence-corrected chi connectivity index (χ4v) is 4.62. The van der Waals surface area contributed by atoms with E-state index >= 15 is 0 Å². The molecule has 23 heavy (non-hydrogen) atoms. The molecule has 0 amide bonds. The Kier molecular flexibility index (Phi) is 2.70. The molecule has 0 saturated heterocycles. The fraction of sp³-hybridized carbons (Fsp3) is 0.318. The van der Waals surface area contributed by atoms with Crippen LogP contribution in [0, 0.1) is 19.8 Å². The molecule has 0 atom stereocenters. The molecule has 3 aliphatic carbocycles. The molecule has 1 fully saturated rings. The minimum atomic E-state index is 0.826. The van der Waals surface area contributed by atoms with Crippen LogP contribution < -0.4 is 0 Å². The van der Waals surface area contributed by atoms with Crippen LogP contribution in [0.3, 0.4) is 0 Å². The van der Waals surface area contributed by atoms with Crippen LogP contribution in [0.5, 0.6) is 0 Å². The van der Waals surface area contributed by atoms with E-state index in [0.717, 1.165) is 23.0 Å². The van der Waals surface area contributed by atoms with Crippen LogP contribution in [0.2, 0.25) is 0 Å². The smallest absolute Gasteiger partial charge is 0.0712 e. The molecule has 0 N–H and O–H groups in total. The number of fused-ring (bicyclic) bond motifs is 1. The lowest BCUT2D eigenvalue weighted by atomic mass is 9.62. The maximum absolute atomic E-state index is 4.98. The minimum Gasteiger partial charge on any atom is -0.248 e. The van der Waals surface area contributed by atoms with Crippen LogP contribution in [-0.4, -0.2) is 4.98 Å². The normalized spacial score (nSPS) is 21.8. The number of aromatic nitrogens is 1. The third kappa shape index (κ3) is 2.03. The Morgan fingerprint density at radius 1 is 0.913 bits per heavy atom. The average Bonchev–Trinajstić information content (AvgIpc) is 2.52. The minimum absolute atomic E-state index is 0.826. The zero-order chi connectivity index (χ0) is 15.6. The van der Waals surface area contributed by atoms with Gasteiger partial charge in [-0.3, -0.25) is 0 Å². The summed E-state index contributed by atoms with van der Waals surface area (Å²) in [5.41, 5.74) is 9.24. The van der Waals surface area contributed by atoms with Gasteiger partial charge >= 0.3 is 0 Å². The summed E-state index contributed by atoms with van der Waals surface area (Å²) in [6.07, 6.45) is 4.08. The number of aryl methyl sites for hydroxylation is 2. The van der Waals surface area contributed by atoms with Crippen molar-refractivity contribution in [2.75, 3.05) is 0 Å². The van der Waals surface area contributed by atoms with Gasteiger partial charge < -0.3 is 0 Å². The maximum Gasteiger partial charge on any atom is 0.0712 e. The van der Waals surface area contributed by atoms with Gasteiger partial charge in [0, 0.05) is 10.9 Å². The van der Waals surface area contributed by atoms with Gasteiger partial charge in [0.05, 0.1) is 11.2 Å². The first-order chi connectivity index (χ1) is 11.2. The highest BCUT2D eigenvalue weighted by molar-refractivity contribution is 5.86. The lowest BCUT2D eigenvalue weighted by Crippen LogP contribution is -2.30. The molecule has 2 bridgehead atoms. The van der Waals surface area contributed by atoms with E-state index < -0.39 is 0 Å². The monoisotopic (exact) mass is 299 g/mol. The molecule has 0 spiro atoms. The van der Waals surface area contributed by atoms with Crippen molar-refractivity contribution in [3.8, 4) is 11.3 Å². The lowest BCUT2D eigenvalue weighted by Gasteiger charge is -2.43. The zero-order valence-corrected chi connectivity index (χ0v) is 13.8. The van der Waals surface area contributed by atoms with E-state index in [-0.39, 0.29) is 0 Å². The Labute approximate surface area is 137 Å². The average molecular weight is 299 g/mol. The summed E-state index contributed by atoms with van der Waals surface area (Å²) in [4.78, 5) is 4.98. The van der Waals surface area contributed by atoms with E-state index in [1.807, 2.05) is 0 Å². The van der Waals surface area contributed by atoms with Crippen LogP contribution in [0.4, 0.5) is 0 Å². The van der Waals surface area contributed by atoms with Crippen molar-refractivity contribution in [1.82, 2.24) is 4.98 Å². The molecule has 0 aliphatic heterocycles. The van der Waals surface area contributed by atoms with Crippen molar-refractivity contribution in [3.63, 3.8) is 0 Å². The van der Waals surface area contributed by atoms with Crippen molar-refractivity contribution in [1.29, 1.82) is 0 Å². The number of nitrogens with zero attached hydrogens (tertiary/aromatic N) is 1. The summed E-state index contributed by atoms with van der Waals surface area (Å²) >= 11 is 0. The Bertz CT molecular complexity index is 912. The Morgan fingerprint density at radius 3 is 2.48 bits per heavy atom. The topological polar surface area (TPSA) is 12.9 Å². The van der Waals surface area contributed by atoms with Crippen LogP contribution in [0.15, 0.2) is 42.5 Å². The van der Waals surface area contributed by atoms with Gasteiger partial charge in [0.25, 0.3) is 0 Å². The number of hydrogen-bond acceptors (Lipinski definition) is 1. The molecular weight excluding hydrogens is 278 g/mol. The van der Waals surface area contributed by atoms with E-state index in [1.165, 1.54) is 41.3 Å². The summed E-state index contributed by atoms with van der Waals surface area (Å²) in [5, 5.41) is 1.38. The molecule has 2 aromatic carbocycles. The summed E-state index contributed by atoms with van der Waals surface area (Å²) in [5.74, 6) is 1.75. The molecular formula is C22H21N. The van der Waals surface area contributed by atoms with E-state index in [4.69, 9.17) is 4.98 Å². The number of rotatable bonds is 1. The first kappa shape index (κ1) is 13.3. The summed E-state index contributed by atoms with van der Waals surface area (Å²) < 4.78 is 0. The van der Waals surface area contributed by atoms with E-state index in [9.17, 15) is 0 Å². The number of hydrogen-bond donors (Lipinski definition) is 0. The highest BCUT2D eigenvalue weighted by Crippen LogP contribution is 2.51. The molecule has 0 radical (unpaired) electrons. The molecule has 0 unspecified atom stereocenters. The Hall–Kier alpha value is -2.15. The second kappa shape index (κ2) is 4.67. The summed E-state index contributed by atoms with van der Waals surface area (Å²) in [6.45, 7) is 4.31. The maximum atomic E-state index is 4.98. The Balaban J connectivity index is 1.67. The van der Waals surface area contributed by atoms with Gasteiger partial charge in [0.2, 0.25) is 0 Å². The molecule has 1 saturated carbocycles. The molecule has 1 heterocycles. The van der Waals surface area contributed by atoms with Crippen molar-refractivity contribution in [2.45, 2.75) is 39.0 Å². The number of benzene rings is 2. The van der Waals surface area contributed by atoms with Crippen molar-refractivity contribution in [3.05, 3.63) is 64.7 Å². The molecule has 6 rings (SSSR count). The standard InChI is InChI=1S/C22H21N/c1-13-7-14(2)9-17(8-13)21-5-4-19-20-12-15-10-16(11-15)18(20)3-6-22(19)23-21/h3-9,15-16H,10-12H2,1-2H3. The van der Waals surface area contributed by atoms with Gasteiger partial charge in [-0.25, -0.2) is 4.98 Å². The number of pyridine rings is 1. The molecule has 114 valence electrons. The Morgan fingerprint density at radius 2 is 1.70 bits per heavy atom. The van der Waals surface area contributed by atoms with Crippen molar-refractivity contribution < 1.29 is 0 Å². The SMILES string of the molecule is Cc1cc(C)cc(-c2ccc3c4c(ccc3n2)C2CC(C4)C2)c1. The third-order valence-corrected chi connectivity index (χ3v) is 5.70. The van der Waals surface area contributed by atoms with Crippen LogP contribution in [0.25, 0.3) is 22.2 Å². The summed E-state index contributed by atoms with van der Waals surface area (Å²) in [7, 11) is 0. The third-order valence-electron chi connectivity index (χ3n) is 5.70. The second-order valence-electron chi connectivity index (χ2n) is 7.51. The van der Waals surface area contributed by atoms with Crippen molar-refractivity contribution >= 4 is 10.9 Å². The predicted octanol–water partition coefficient (Wildman–Crippen LogP) is 5.57. The van der Waals surface area contributed by atoms with Crippen LogP contribution >= 0.6 is 0 Å². The van der Waals surface area contributed by atoms with Gasteiger partial charge in [-0.05, 0) is 80.3 Å². The lowest BCUT2D eigenvalue weighted by molar-refractivity contribution is 0.239. The van der Waals surface area contributed by atoms with Gasteiger partial charge in [-0.15, -0.1) is 0 Å². The highest BCUT2D eigenvalue weighted by atomic mass is 14.7. The van der Waals surface area contributed by atoms with E-state index in [1.54, 1.807) is 11.1 Å². The molecule has 3 aromatic rings. The summed E-state index contributed by atoms with van der Waals surface area (Å²) in [6, 6.07) is 15.8. The quantitative estimate of drug-likeness (QED) is 0.572. The highest BCUT2D eigenvalue weighted by Gasteiger charge is 2.37. The van der Waals surface area contributed by atoms with E-state index in [2.05, 4.69) is 56.3 Å². The largest absolute Gasteiger partial charge is 0.248 e. The van der Waals surface area contributed by atoms with Crippen LogP contribution in [-0.2, 0) is 6.42 Å². The molecule has 3 aliphatic rings. The van der Waals surface area contributed by atoms with E-state index in [0.29, 0.717) is 0 Å². The fourth-order valence-electron chi connectivity index (χ4n) is 4.62. The molecule has 1 heteroatoms. The van der Waals surface area contributed by atoms with Gasteiger partial charge in [0.15, 0.2) is 0 Å².